The van der Waals surface area contributed by atoms with Gasteiger partial charge in [0.25, 0.3) is 0 Å². The predicted octanol–water partition coefficient (Wildman–Crippen LogP) is 3.19. The average molecular weight is 269 g/mol. The molecule has 0 radical (unpaired) electrons. The summed E-state index contributed by atoms with van der Waals surface area (Å²) < 4.78 is 2.15. The molecule has 3 heteroatoms. The summed E-state index contributed by atoms with van der Waals surface area (Å²) >= 11 is 0. The second kappa shape index (κ2) is 5.80. The predicted molar refractivity (Wildman–Crippen MR) is 81.7 cm³/mol. The molecule has 1 heterocycles. The molecule has 1 aromatic heterocycles. The van der Waals surface area contributed by atoms with Gasteiger partial charge in [-0.05, 0) is 36.9 Å². The molecule has 0 bridgehead atoms. The van der Waals surface area contributed by atoms with Crippen molar-refractivity contribution < 1.29 is 0 Å². The molecule has 3 rings (SSSR count). The minimum atomic E-state index is 0.318. The number of nitrogens with one attached hydrogen (secondary N) is 1. The molecule has 0 spiro atoms. The summed E-state index contributed by atoms with van der Waals surface area (Å²) in [4.78, 5) is 4.59. The zero-order chi connectivity index (χ0) is 13.9. The molecule has 0 saturated heterocycles. The Bertz CT molecular complexity index is 573. The third-order valence-electron chi connectivity index (χ3n) is 4.33. The van der Waals surface area contributed by atoms with E-state index in [4.69, 9.17) is 0 Å². The van der Waals surface area contributed by atoms with E-state index >= 15 is 0 Å². The number of hydrogen-bond acceptors (Lipinski definition) is 2. The summed E-state index contributed by atoms with van der Waals surface area (Å²) in [6.07, 6.45) is 7.49. The van der Waals surface area contributed by atoms with Crippen molar-refractivity contribution in [3.63, 3.8) is 0 Å². The van der Waals surface area contributed by atoms with Crippen molar-refractivity contribution in [2.24, 2.45) is 7.05 Å². The van der Waals surface area contributed by atoms with Crippen molar-refractivity contribution in [1.29, 1.82) is 0 Å². The van der Waals surface area contributed by atoms with Gasteiger partial charge >= 0.3 is 0 Å². The van der Waals surface area contributed by atoms with Gasteiger partial charge < -0.3 is 9.88 Å². The van der Waals surface area contributed by atoms with Crippen LogP contribution in [0.1, 0.15) is 48.7 Å². The topological polar surface area (TPSA) is 29.9 Å². The number of nitrogens with zero attached hydrogens (tertiary/aromatic N) is 2. The zero-order valence-electron chi connectivity index (χ0n) is 12.3. The molecule has 0 fully saturated rings. The molecule has 0 amide bonds. The normalized spacial score (nSPS) is 19.0. The maximum atomic E-state index is 4.59. The highest BCUT2D eigenvalue weighted by Gasteiger charge is 2.32. The van der Waals surface area contributed by atoms with Gasteiger partial charge in [0.05, 0.1) is 6.04 Å². The first-order chi connectivity index (χ1) is 9.81. The van der Waals surface area contributed by atoms with Crippen LogP contribution >= 0.6 is 0 Å². The lowest BCUT2D eigenvalue weighted by Crippen LogP contribution is -2.29. The van der Waals surface area contributed by atoms with Crippen molar-refractivity contribution in [2.45, 2.75) is 38.1 Å². The molecule has 2 aromatic rings. The van der Waals surface area contributed by atoms with Crippen LogP contribution in [-0.2, 0) is 13.5 Å². The Labute approximate surface area is 121 Å². The van der Waals surface area contributed by atoms with E-state index in [0.717, 1.165) is 18.8 Å². The van der Waals surface area contributed by atoms with Gasteiger partial charge in [-0.1, -0.05) is 31.2 Å². The van der Waals surface area contributed by atoms with E-state index in [1.165, 1.54) is 24.0 Å². The Morgan fingerprint density at radius 3 is 3.00 bits per heavy atom. The molecule has 2 atom stereocenters. The van der Waals surface area contributed by atoms with Crippen LogP contribution in [-0.4, -0.2) is 16.1 Å². The second-order valence-electron chi connectivity index (χ2n) is 5.67. The van der Waals surface area contributed by atoms with E-state index in [2.05, 4.69) is 53.1 Å². The van der Waals surface area contributed by atoms with Crippen molar-refractivity contribution in [2.75, 3.05) is 6.54 Å². The molecule has 3 nitrogen and oxygen atoms in total. The molecule has 2 unspecified atom stereocenters. The van der Waals surface area contributed by atoms with E-state index in [-0.39, 0.29) is 0 Å². The SMILES string of the molecule is CCCNC(c1nccn1C)C1CCc2ccccc21. The molecular weight excluding hydrogens is 246 g/mol. The van der Waals surface area contributed by atoms with E-state index in [0.29, 0.717) is 12.0 Å². The lowest BCUT2D eigenvalue weighted by molar-refractivity contribution is 0.415. The fourth-order valence-electron chi connectivity index (χ4n) is 3.33. The molecule has 1 N–H and O–H groups in total. The van der Waals surface area contributed by atoms with Crippen LogP contribution < -0.4 is 5.32 Å². The van der Waals surface area contributed by atoms with Crippen LogP contribution in [0.2, 0.25) is 0 Å². The Hall–Kier alpha value is -1.61. The molecule has 20 heavy (non-hydrogen) atoms. The van der Waals surface area contributed by atoms with Crippen molar-refractivity contribution in [3.05, 3.63) is 53.6 Å². The van der Waals surface area contributed by atoms with Gasteiger partial charge in [0.2, 0.25) is 0 Å². The lowest BCUT2D eigenvalue weighted by Gasteiger charge is -2.25. The Kier molecular flexibility index (Phi) is 3.88. The summed E-state index contributed by atoms with van der Waals surface area (Å²) in [5.41, 5.74) is 3.01. The highest BCUT2D eigenvalue weighted by atomic mass is 15.1. The minimum absolute atomic E-state index is 0.318. The molecule has 1 aliphatic rings. The second-order valence-corrected chi connectivity index (χ2v) is 5.67. The zero-order valence-corrected chi connectivity index (χ0v) is 12.3. The van der Waals surface area contributed by atoms with Crippen LogP contribution in [0.15, 0.2) is 36.7 Å². The number of aromatic nitrogens is 2. The van der Waals surface area contributed by atoms with Gasteiger partial charge in [0.15, 0.2) is 0 Å². The number of hydrogen-bond donors (Lipinski definition) is 1. The van der Waals surface area contributed by atoms with Gasteiger partial charge in [0, 0.05) is 25.4 Å². The van der Waals surface area contributed by atoms with E-state index in [1.54, 1.807) is 0 Å². The largest absolute Gasteiger partial charge is 0.337 e. The Balaban J connectivity index is 1.93. The number of rotatable bonds is 5. The van der Waals surface area contributed by atoms with Gasteiger partial charge in [-0.15, -0.1) is 0 Å². The number of fused-ring (bicyclic) bond motifs is 1. The van der Waals surface area contributed by atoms with E-state index < -0.39 is 0 Å². The van der Waals surface area contributed by atoms with Crippen molar-refractivity contribution in [3.8, 4) is 0 Å². The van der Waals surface area contributed by atoms with Crippen LogP contribution in [0.25, 0.3) is 0 Å². The molecule has 0 saturated carbocycles. The van der Waals surface area contributed by atoms with Crippen LogP contribution in [0, 0.1) is 0 Å². The number of benzene rings is 1. The van der Waals surface area contributed by atoms with E-state index in [1.807, 2.05) is 12.4 Å². The summed E-state index contributed by atoms with van der Waals surface area (Å²) in [6, 6.07) is 9.18. The fraction of sp³-hybridized carbons (Fsp3) is 0.471. The highest BCUT2D eigenvalue weighted by Crippen LogP contribution is 2.41. The average Bonchev–Trinajstić information content (AvgIpc) is 3.07. The lowest BCUT2D eigenvalue weighted by atomic mass is 9.92. The van der Waals surface area contributed by atoms with Crippen molar-refractivity contribution in [1.82, 2.24) is 14.9 Å². The number of imidazole rings is 1. The van der Waals surface area contributed by atoms with Crippen molar-refractivity contribution >= 4 is 0 Å². The third-order valence-corrected chi connectivity index (χ3v) is 4.33. The summed E-state index contributed by atoms with van der Waals surface area (Å²) in [6.45, 7) is 3.25. The maximum Gasteiger partial charge on any atom is 0.126 e. The molecule has 1 aromatic carbocycles. The van der Waals surface area contributed by atoms with Gasteiger partial charge in [-0.3, -0.25) is 0 Å². The first-order valence-corrected chi connectivity index (χ1v) is 7.59. The fourth-order valence-corrected chi connectivity index (χ4v) is 3.33. The molecular formula is C17H23N3. The minimum Gasteiger partial charge on any atom is -0.337 e. The monoisotopic (exact) mass is 269 g/mol. The van der Waals surface area contributed by atoms with Crippen LogP contribution in [0.3, 0.4) is 0 Å². The Morgan fingerprint density at radius 1 is 1.40 bits per heavy atom. The van der Waals surface area contributed by atoms with Gasteiger partial charge in [-0.2, -0.15) is 0 Å². The molecule has 0 aliphatic heterocycles. The first kappa shape index (κ1) is 13.4. The highest BCUT2D eigenvalue weighted by molar-refractivity contribution is 5.36. The third kappa shape index (κ3) is 2.38. The van der Waals surface area contributed by atoms with Crippen LogP contribution in [0.5, 0.6) is 0 Å². The maximum absolute atomic E-state index is 4.59. The summed E-state index contributed by atoms with van der Waals surface area (Å²) in [5, 5.41) is 3.71. The summed E-state index contributed by atoms with van der Waals surface area (Å²) in [7, 11) is 2.09. The van der Waals surface area contributed by atoms with Crippen LogP contribution in [0.4, 0.5) is 0 Å². The first-order valence-electron chi connectivity index (χ1n) is 7.59. The number of aryl methyl sites for hydroxylation is 2. The molecule has 1 aliphatic carbocycles. The molecule has 106 valence electrons. The quantitative estimate of drug-likeness (QED) is 0.903. The Morgan fingerprint density at radius 2 is 2.25 bits per heavy atom. The van der Waals surface area contributed by atoms with E-state index in [9.17, 15) is 0 Å². The van der Waals surface area contributed by atoms with Gasteiger partial charge in [0.1, 0.15) is 5.82 Å². The standard InChI is InChI=1S/C17H23N3/c1-3-10-18-16(17-19-11-12-20(17)2)15-9-8-13-6-4-5-7-14(13)15/h4-7,11-12,15-16,18H,3,8-10H2,1-2H3. The summed E-state index contributed by atoms with van der Waals surface area (Å²) in [5.74, 6) is 1.69. The smallest absolute Gasteiger partial charge is 0.126 e. The van der Waals surface area contributed by atoms with Gasteiger partial charge in [-0.25, -0.2) is 4.98 Å².